The molecule has 1 fully saturated rings. The lowest BCUT2D eigenvalue weighted by Crippen LogP contribution is -2.44. The number of fused-ring (bicyclic) bond motifs is 3. The molecule has 0 aliphatic carbocycles. The summed E-state index contributed by atoms with van der Waals surface area (Å²) < 4.78 is 0. The fourth-order valence-corrected chi connectivity index (χ4v) is 2.67. The Bertz CT molecular complexity index is 402. The molecule has 1 aromatic carbocycles. The highest BCUT2D eigenvalue weighted by atomic mass is 16.2. The maximum absolute atomic E-state index is 11.8. The number of rotatable bonds is 0. The van der Waals surface area contributed by atoms with Crippen LogP contribution < -0.4 is 10.6 Å². The second-order valence-electron chi connectivity index (χ2n) is 4.28. The predicted octanol–water partition coefficient (Wildman–Crippen LogP) is 1.33. The SMILES string of the molecule is O=C1Nc2ccccc2[C@H]2CCNC[C@@H]12. The number of carbonyl (C=O) groups is 1. The van der Waals surface area contributed by atoms with E-state index in [0.717, 1.165) is 25.2 Å². The number of hydrogen-bond acceptors (Lipinski definition) is 2. The lowest BCUT2D eigenvalue weighted by Gasteiger charge is -2.36. The van der Waals surface area contributed by atoms with Gasteiger partial charge in [0.2, 0.25) is 5.91 Å². The topological polar surface area (TPSA) is 41.1 Å². The number of carbonyl (C=O) groups excluding carboxylic acids is 1. The van der Waals surface area contributed by atoms with Gasteiger partial charge in [0.25, 0.3) is 0 Å². The monoisotopic (exact) mass is 202 g/mol. The van der Waals surface area contributed by atoms with Gasteiger partial charge >= 0.3 is 0 Å². The Kier molecular flexibility index (Phi) is 1.99. The Balaban J connectivity index is 2.06. The van der Waals surface area contributed by atoms with Gasteiger partial charge in [0, 0.05) is 12.2 Å². The lowest BCUT2D eigenvalue weighted by molar-refractivity contribution is -0.121. The quantitative estimate of drug-likeness (QED) is 0.666. The molecule has 1 aromatic rings. The molecule has 2 aliphatic rings. The highest BCUT2D eigenvalue weighted by Crippen LogP contribution is 2.38. The van der Waals surface area contributed by atoms with E-state index in [2.05, 4.69) is 22.8 Å². The molecule has 0 unspecified atom stereocenters. The van der Waals surface area contributed by atoms with E-state index in [9.17, 15) is 4.79 Å². The Labute approximate surface area is 88.9 Å². The third kappa shape index (κ3) is 1.35. The molecule has 3 nitrogen and oxygen atoms in total. The van der Waals surface area contributed by atoms with Gasteiger partial charge in [0.05, 0.1) is 5.92 Å². The van der Waals surface area contributed by atoms with E-state index < -0.39 is 0 Å². The zero-order valence-electron chi connectivity index (χ0n) is 8.49. The van der Waals surface area contributed by atoms with Crippen LogP contribution in [0.2, 0.25) is 0 Å². The first-order chi connectivity index (χ1) is 7.36. The standard InChI is InChI=1S/C12H14N2O/c15-12-10-7-13-6-5-8(10)9-3-1-2-4-11(9)14-12/h1-4,8,10,13H,5-7H2,(H,14,15)/t8-,10-/m1/s1. The molecular formula is C12H14N2O. The van der Waals surface area contributed by atoms with Gasteiger partial charge in [-0.25, -0.2) is 0 Å². The minimum Gasteiger partial charge on any atom is -0.326 e. The first kappa shape index (κ1) is 8.92. The molecular weight excluding hydrogens is 188 g/mol. The number of nitrogens with one attached hydrogen (secondary N) is 2. The van der Waals surface area contributed by atoms with Gasteiger partial charge in [0.1, 0.15) is 0 Å². The van der Waals surface area contributed by atoms with Crippen LogP contribution in [0.15, 0.2) is 24.3 Å². The van der Waals surface area contributed by atoms with E-state index in [4.69, 9.17) is 0 Å². The summed E-state index contributed by atoms with van der Waals surface area (Å²) in [5.41, 5.74) is 2.31. The number of para-hydroxylation sites is 1. The second-order valence-corrected chi connectivity index (χ2v) is 4.28. The zero-order valence-corrected chi connectivity index (χ0v) is 8.49. The third-order valence-corrected chi connectivity index (χ3v) is 3.44. The maximum Gasteiger partial charge on any atom is 0.229 e. The molecule has 1 amide bonds. The van der Waals surface area contributed by atoms with Gasteiger partial charge in [0.15, 0.2) is 0 Å². The van der Waals surface area contributed by atoms with Crippen molar-refractivity contribution in [3.8, 4) is 0 Å². The summed E-state index contributed by atoms with van der Waals surface area (Å²) in [4.78, 5) is 11.8. The Morgan fingerprint density at radius 3 is 3.00 bits per heavy atom. The molecule has 3 rings (SSSR count). The van der Waals surface area contributed by atoms with Gasteiger partial charge < -0.3 is 10.6 Å². The minimum atomic E-state index is 0.119. The lowest BCUT2D eigenvalue weighted by atomic mass is 9.77. The average Bonchev–Trinajstić information content (AvgIpc) is 2.30. The molecule has 2 aliphatic heterocycles. The normalized spacial score (nSPS) is 28.9. The fourth-order valence-electron chi connectivity index (χ4n) is 2.67. The van der Waals surface area contributed by atoms with E-state index in [-0.39, 0.29) is 11.8 Å². The van der Waals surface area contributed by atoms with Crippen LogP contribution in [0.3, 0.4) is 0 Å². The van der Waals surface area contributed by atoms with Crippen molar-refractivity contribution in [3.05, 3.63) is 29.8 Å². The van der Waals surface area contributed by atoms with Gasteiger partial charge in [-0.15, -0.1) is 0 Å². The van der Waals surface area contributed by atoms with Crippen molar-refractivity contribution < 1.29 is 4.79 Å². The Morgan fingerprint density at radius 1 is 1.20 bits per heavy atom. The van der Waals surface area contributed by atoms with Crippen LogP contribution in [-0.2, 0) is 4.79 Å². The summed E-state index contributed by atoms with van der Waals surface area (Å²) in [6.45, 7) is 1.83. The van der Waals surface area contributed by atoms with Crippen LogP contribution in [0, 0.1) is 5.92 Å². The zero-order chi connectivity index (χ0) is 10.3. The van der Waals surface area contributed by atoms with E-state index in [1.54, 1.807) is 0 Å². The van der Waals surface area contributed by atoms with Crippen molar-refractivity contribution >= 4 is 11.6 Å². The van der Waals surface area contributed by atoms with Crippen molar-refractivity contribution in [2.45, 2.75) is 12.3 Å². The first-order valence-corrected chi connectivity index (χ1v) is 5.47. The summed E-state index contributed by atoms with van der Waals surface area (Å²) in [5.74, 6) is 0.704. The minimum absolute atomic E-state index is 0.119. The van der Waals surface area contributed by atoms with Crippen LogP contribution >= 0.6 is 0 Å². The average molecular weight is 202 g/mol. The van der Waals surface area contributed by atoms with E-state index >= 15 is 0 Å². The van der Waals surface area contributed by atoms with Crippen molar-refractivity contribution in [1.29, 1.82) is 0 Å². The summed E-state index contributed by atoms with van der Waals surface area (Å²) in [5, 5.41) is 6.26. The highest BCUT2D eigenvalue weighted by Gasteiger charge is 2.36. The van der Waals surface area contributed by atoms with E-state index in [0.29, 0.717) is 5.92 Å². The highest BCUT2D eigenvalue weighted by molar-refractivity contribution is 5.96. The summed E-state index contributed by atoms with van der Waals surface area (Å²) in [6.07, 6.45) is 1.06. The largest absolute Gasteiger partial charge is 0.326 e. The predicted molar refractivity (Wildman–Crippen MR) is 58.8 cm³/mol. The Hall–Kier alpha value is -1.35. The molecule has 78 valence electrons. The summed E-state index contributed by atoms with van der Waals surface area (Å²) in [7, 11) is 0. The number of anilines is 1. The van der Waals surface area contributed by atoms with Gasteiger partial charge in [-0.05, 0) is 30.5 Å². The van der Waals surface area contributed by atoms with Gasteiger partial charge in [-0.3, -0.25) is 4.79 Å². The molecule has 3 heteroatoms. The first-order valence-electron chi connectivity index (χ1n) is 5.47. The number of amides is 1. The van der Waals surface area contributed by atoms with E-state index in [1.165, 1.54) is 5.56 Å². The molecule has 2 heterocycles. The number of piperidine rings is 1. The van der Waals surface area contributed by atoms with Crippen molar-refractivity contribution in [2.75, 3.05) is 18.4 Å². The molecule has 0 spiro atoms. The molecule has 2 atom stereocenters. The second kappa shape index (κ2) is 3.35. The van der Waals surface area contributed by atoms with Crippen molar-refractivity contribution in [2.24, 2.45) is 5.92 Å². The molecule has 0 bridgehead atoms. The van der Waals surface area contributed by atoms with Gasteiger partial charge in [-0.1, -0.05) is 18.2 Å². The van der Waals surface area contributed by atoms with E-state index in [1.807, 2.05) is 12.1 Å². The molecule has 0 saturated carbocycles. The number of hydrogen-bond donors (Lipinski definition) is 2. The fraction of sp³-hybridized carbons (Fsp3) is 0.417. The van der Waals surface area contributed by atoms with Crippen LogP contribution in [0.5, 0.6) is 0 Å². The third-order valence-electron chi connectivity index (χ3n) is 3.44. The Morgan fingerprint density at radius 2 is 2.07 bits per heavy atom. The molecule has 0 radical (unpaired) electrons. The summed E-state index contributed by atoms with van der Waals surface area (Å²) in [6, 6.07) is 8.15. The maximum atomic E-state index is 11.8. The van der Waals surface area contributed by atoms with Crippen molar-refractivity contribution in [3.63, 3.8) is 0 Å². The van der Waals surface area contributed by atoms with Crippen molar-refractivity contribution in [1.82, 2.24) is 5.32 Å². The van der Waals surface area contributed by atoms with Gasteiger partial charge in [-0.2, -0.15) is 0 Å². The molecule has 15 heavy (non-hydrogen) atoms. The van der Waals surface area contributed by atoms with Crippen LogP contribution in [0.4, 0.5) is 5.69 Å². The molecule has 0 aromatic heterocycles. The van der Waals surface area contributed by atoms with Crippen LogP contribution in [-0.4, -0.2) is 19.0 Å². The molecule has 1 saturated heterocycles. The van der Waals surface area contributed by atoms with Crippen LogP contribution in [0.25, 0.3) is 0 Å². The smallest absolute Gasteiger partial charge is 0.229 e. The summed E-state index contributed by atoms with van der Waals surface area (Å²) >= 11 is 0. The number of benzene rings is 1. The van der Waals surface area contributed by atoms with Crippen LogP contribution in [0.1, 0.15) is 17.9 Å². The molecule has 2 N–H and O–H groups in total.